The number of rotatable bonds is 5. The maximum Gasteiger partial charge on any atom is 0.247 e. The lowest BCUT2D eigenvalue weighted by Gasteiger charge is -2.43. The molecule has 1 heterocycles. The van der Waals surface area contributed by atoms with Crippen LogP contribution >= 0.6 is 11.6 Å². The summed E-state index contributed by atoms with van der Waals surface area (Å²) in [6.45, 7) is 2.59. The molecule has 1 fully saturated rings. The van der Waals surface area contributed by atoms with E-state index in [-0.39, 0.29) is 5.91 Å². The molecule has 3 rings (SSSR count). The third kappa shape index (κ3) is 4.37. The molecule has 0 aliphatic carbocycles. The van der Waals surface area contributed by atoms with Crippen molar-refractivity contribution >= 4 is 23.2 Å². The van der Waals surface area contributed by atoms with Crippen molar-refractivity contribution in [1.29, 1.82) is 0 Å². The molecule has 0 atom stereocenters. The Labute approximate surface area is 160 Å². The van der Waals surface area contributed by atoms with Crippen LogP contribution in [0.4, 0.5) is 5.69 Å². The van der Waals surface area contributed by atoms with Crippen LogP contribution in [0, 0.1) is 0 Å². The van der Waals surface area contributed by atoms with Gasteiger partial charge in [-0.25, -0.2) is 0 Å². The monoisotopic (exact) mass is 371 g/mol. The number of anilines is 1. The zero-order chi connectivity index (χ0) is 18.6. The van der Waals surface area contributed by atoms with Gasteiger partial charge in [0, 0.05) is 44.4 Å². The summed E-state index contributed by atoms with van der Waals surface area (Å²) in [5.74, 6) is 0.142. The summed E-state index contributed by atoms with van der Waals surface area (Å²) in [7, 11) is 3.66. The maximum atomic E-state index is 13.0. The molecule has 1 aliphatic rings. The van der Waals surface area contributed by atoms with Gasteiger partial charge in [-0.1, -0.05) is 41.9 Å². The number of amides is 1. The maximum absolute atomic E-state index is 13.0. The van der Waals surface area contributed by atoms with Crippen molar-refractivity contribution in [3.05, 3.63) is 65.2 Å². The van der Waals surface area contributed by atoms with Crippen LogP contribution in [0.25, 0.3) is 0 Å². The highest BCUT2D eigenvalue weighted by molar-refractivity contribution is 6.30. The standard InChI is InChI=1S/C21H26ClN3O/c1-24(2)20(26)21(23-19-9-4-3-5-10-19)11-13-25(14-12-21)16-17-7-6-8-18(22)15-17/h3-10,15,23H,11-14,16H2,1-2H3. The largest absolute Gasteiger partial charge is 0.371 e. The minimum absolute atomic E-state index is 0.142. The van der Waals surface area contributed by atoms with Crippen molar-refractivity contribution in [2.45, 2.75) is 24.9 Å². The van der Waals surface area contributed by atoms with E-state index in [4.69, 9.17) is 11.6 Å². The van der Waals surface area contributed by atoms with Crippen molar-refractivity contribution in [3.63, 3.8) is 0 Å². The highest BCUT2D eigenvalue weighted by Gasteiger charge is 2.42. The number of hydrogen-bond acceptors (Lipinski definition) is 3. The SMILES string of the molecule is CN(C)C(=O)C1(Nc2ccccc2)CCN(Cc2cccc(Cl)c2)CC1. The van der Waals surface area contributed by atoms with E-state index in [0.717, 1.165) is 43.2 Å². The average Bonchev–Trinajstić information content (AvgIpc) is 2.64. The van der Waals surface area contributed by atoms with E-state index >= 15 is 0 Å². The number of carbonyl (C=O) groups excluding carboxylic acids is 1. The van der Waals surface area contributed by atoms with Gasteiger partial charge in [-0.05, 0) is 42.7 Å². The molecule has 2 aromatic rings. The summed E-state index contributed by atoms with van der Waals surface area (Å²) in [4.78, 5) is 17.0. The molecule has 0 radical (unpaired) electrons. The van der Waals surface area contributed by atoms with Gasteiger partial charge in [-0.2, -0.15) is 0 Å². The summed E-state index contributed by atoms with van der Waals surface area (Å²) in [5.41, 5.74) is 1.65. The molecular formula is C21H26ClN3O. The van der Waals surface area contributed by atoms with Crippen molar-refractivity contribution in [1.82, 2.24) is 9.80 Å². The van der Waals surface area contributed by atoms with Crippen molar-refractivity contribution < 1.29 is 4.79 Å². The van der Waals surface area contributed by atoms with Crippen molar-refractivity contribution in [2.24, 2.45) is 0 Å². The Balaban J connectivity index is 1.71. The van der Waals surface area contributed by atoms with Gasteiger partial charge in [0.1, 0.15) is 5.54 Å². The van der Waals surface area contributed by atoms with E-state index in [2.05, 4.69) is 16.3 Å². The van der Waals surface area contributed by atoms with E-state index in [9.17, 15) is 4.79 Å². The number of nitrogens with zero attached hydrogens (tertiary/aromatic N) is 2. The molecule has 0 saturated carbocycles. The summed E-state index contributed by atoms with van der Waals surface area (Å²) >= 11 is 6.10. The lowest BCUT2D eigenvalue weighted by Crippen LogP contribution is -2.57. The van der Waals surface area contributed by atoms with Crippen LogP contribution in [-0.4, -0.2) is 48.4 Å². The van der Waals surface area contributed by atoms with Crippen LogP contribution in [0.5, 0.6) is 0 Å². The lowest BCUT2D eigenvalue weighted by molar-refractivity contribution is -0.135. The number of hydrogen-bond donors (Lipinski definition) is 1. The Hall–Kier alpha value is -2.04. The average molecular weight is 372 g/mol. The zero-order valence-corrected chi connectivity index (χ0v) is 16.2. The molecule has 4 nitrogen and oxygen atoms in total. The molecule has 1 amide bonds. The minimum atomic E-state index is -0.546. The third-order valence-electron chi connectivity index (χ3n) is 4.98. The molecule has 138 valence electrons. The number of piperidine rings is 1. The van der Waals surface area contributed by atoms with Gasteiger partial charge in [0.15, 0.2) is 0 Å². The van der Waals surface area contributed by atoms with Crippen LogP contribution in [0.3, 0.4) is 0 Å². The first kappa shape index (κ1) is 18.7. The number of para-hydroxylation sites is 1. The predicted molar refractivity (Wildman–Crippen MR) is 107 cm³/mol. The van der Waals surface area contributed by atoms with E-state index in [1.54, 1.807) is 4.90 Å². The number of likely N-dealkylation sites (tertiary alicyclic amines) is 1. The quantitative estimate of drug-likeness (QED) is 0.866. The van der Waals surface area contributed by atoms with Crippen molar-refractivity contribution in [2.75, 3.05) is 32.5 Å². The Bertz CT molecular complexity index is 740. The lowest BCUT2D eigenvalue weighted by atomic mass is 9.85. The molecule has 0 unspecified atom stereocenters. The smallest absolute Gasteiger partial charge is 0.247 e. The molecule has 0 bridgehead atoms. The summed E-state index contributed by atoms with van der Waals surface area (Å²) in [6.07, 6.45) is 1.55. The molecule has 0 aromatic heterocycles. The predicted octanol–water partition coefficient (Wildman–Crippen LogP) is 3.87. The van der Waals surface area contributed by atoms with Crippen LogP contribution in [0.2, 0.25) is 5.02 Å². The molecule has 1 saturated heterocycles. The molecule has 26 heavy (non-hydrogen) atoms. The van der Waals surface area contributed by atoms with Gasteiger partial charge in [-0.3, -0.25) is 9.69 Å². The van der Waals surface area contributed by atoms with Crippen LogP contribution in [0.1, 0.15) is 18.4 Å². The Morgan fingerprint density at radius 1 is 1.12 bits per heavy atom. The second-order valence-electron chi connectivity index (χ2n) is 7.18. The summed E-state index contributed by atoms with van der Waals surface area (Å²) in [5, 5.41) is 4.30. The third-order valence-corrected chi connectivity index (χ3v) is 5.21. The Morgan fingerprint density at radius 2 is 1.81 bits per heavy atom. The topological polar surface area (TPSA) is 35.6 Å². The van der Waals surface area contributed by atoms with Gasteiger partial charge in [0.2, 0.25) is 5.91 Å². The normalized spacial score (nSPS) is 16.9. The van der Waals surface area contributed by atoms with Crippen LogP contribution < -0.4 is 5.32 Å². The minimum Gasteiger partial charge on any atom is -0.371 e. The van der Waals surface area contributed by atoms with Crippen molar-refractivity contribution in [3.8, 4) is 0 Å². The van der Waals surface area contributed by atoms with Gasteiger partial charge >= 0.3 is 0 Å². The van der Waals surface area contributed by atoms with Gasteiger partial charge in [0.05, 0.1) is 0 Å². The van der Waals surface area contributed by atoms with E-state index in [1.807, 2.05) is 62.6 Å². The fourth-order valence-corrected chi connectivity index (χ4v) is 3.82. The van der Waals surface area contributed by atoms with Gasteiger partial charge in [-0.15, -0.1) is 0 Å². The van der Waals surface area contributed by atoms with E-state index in [1.165, 1.54) is 5.56 Å². The molecule has 2 aromatic carbocycles. The molecule has 1 N–H and O–H groups in total. The number of likely N-dealkylation sites (N-methyl/N-ethyl adjacent to an activating group) is 1. The second kappa shape index (κ2) is 8.11. The Morgan fingerprint density at radius 3 is 2.42 bits per heavy atom. The number of benzene rings is 2. The molecule has 0 spiro atoms. The van der Waals surface area contributed by atoms with Gasteiger partial charge < -0.3 is 10.2 Å². The molecule has 5 heteroatoms. The molecular weight excluding hydrogens is 346 g/mol. The fourth-order valence-electron chi connectivity index (χ4n) is 3.60. The fraction of sp³-hybridized carbons (Fsp3) is 0.381. The van der Waals surface area contributed by atoms with Gasteiger partial charge in [0.25, 0.3) is 0 Å². The van der Waals surface area contributed by atoms with E-state index < -0.39 is 5.54 Å². The first-order valence-electron chi connectivity index (χ1n) is 9.00. The second-order valence-corrected chi connectivity index (χ2v) is 7.62. The number of carbonyl (C=O) groups is 1. The summed E-state index contributed by atoms with van der Waals surface area (Å²) < 4.78 is 0. The summed E-state index contributed by atoms with van der Waals surface area (Å²) in [6, 6.07) is 18.0. The first-order valence-corrected chi connectivity index (χ1v) is 9.38. The van der Waals surface area contributed by atoms with E-state index in [0.29, 0.717) is 0 Å². The highest BCUT2D eigenvalue weighted by atomic mass is 35.5. The molecule has 1 aliphatic heterocycles. The zero-order valence-electron chi connectivity index (χ0n) is 15.4. The number of nitrogens with one attached hydrogen (secondary N) is 1. The number of halogens is 1. The van der Waals surface area contributed by atoms with Crippen LogP contribution in [0.15, 0.2) is 54.6 Å². The van der Waals surface area contributed by atoms with Crippen LogP contribution in [-0.2, 0) is 11.3 Å². The highest BCUT2D eigenvalue weighted by Crippen LogP contribution is 2.29. The first-order chi connectivity index (χ1) is 12.5. The Kier molecular flexibility index (Phi) is 5.84.